The molecule has 0 saturated heterocycles. The first-order valence-corrected chi connectivity index (χ1v) is 4.33. The molecule has 0 aromatic rings. The second-order valence-corrected chi connectivity index (χ2v) is 2.92. The fourth-order valence-corrected chi connectivity index (χ4v) is 0.630. The molecule has 0 aliphatic heterocycles. The normalized spacial score (nSPS) is 11.6. The average molecular weight is 223 g/mol. The summed E-state index contributed by atoms with van der Waals surface area (Å²) in [4.78, 5) is 31.8. The topological polar surface area (TPSA) is 69.7 Å². The Morgan fingerprint density at radius 3 is 2.07 bits per heavy atom. The summed E-state index contributed by atoms with van der Waals surface area (Å²) in [7, 11) is 0. The standard InChI is InChI=1S/C8H11ClO5/c1-5(10)7(9)8(12)14-4-3-13-6(2)11/h7H,3-4H2,1-2H3. The lowest BCUT2D eigenvalue weighted by Gasteiger charge is -2.06. The Kier molecular flexibility index (Phi) is 5.87. The largest absolute Gasteiger partial charge is 0.462 e. The first-order chi connectivity index (χ1) is 6.45. The van der Waals surface area contributed by atoms with Crippen molar-refractivity contribution in [3.63, 3.8) is 0 Å². The molecule has 0 N–H and O–H groups in total. The molecule has 0 heterocycles. The molecule has 0 saturated carbocycles. The van der Waals surface area contributed by atoms with Crippen LogP contribution in [0.15, 0.2) is 0 Å². The summed E-state index contributed by atoms with van der Waals surface area (Å²) in [6, 6.07) is 0. The molecule has 14 heavy (non-hydrogen) atoms. The summed E-state index contributed by atoms with van der Waals surface area (Å²) < 4.78 is 9.03. The minimum absolute atomic E-state index is 0.0391. The first kappa shape index (κ1) is 12.9. The summed E-state index contributed by atoms with van der Waals surface area (Å²) in [6.07, 6.45) is 0. The van der Waals surface area contributed by atoms with Crippen LogP contribution in [0.2, 0.25) is 0 Å². The van der Waals surface area contributed by atoms with Gasteiger partial charge in [0.2, 0.25) is 0 Å². The van der Waals surface area contributed by atoms with E-state index in [4.69, 9.17) is 11.6 Å². The minimum Gasteiger partial charge on any atom is -0.462 e. The maximum Gasteiger partial charge on any atom is 0.331 e. The van der Waals surface area contributed by atoms with E-state index in [9.17, 15) is 14.4 Å². The van der Waals surface area contributed by atoms with Gasteiger partial charge in [0.05, 0.1) is 0 Å². The Bertz CT molecular complexity index is 238. The highest BCUT2D eigenvalue weighted by Gasteiger charge is 2.21. The molecule has 1 atom stereocenters. The van der Waals surface area contributed by atoms with Gasteiger partial charge in [-0.3, -0.25) is 9.59 Å². The van der Waals surface area contributed by atoms with Crippen LogP contribution in [0, 0.1) is 0 Å². The number of alkyl halides is 1. The molecule has 5 nitrogen and oxygen atoms in total. The SMILES string of the molecule is CC(=O)OCCOC(=O)C(Cl)C(C)=O. The van der Waals surface area contributed by atoms with Crippen LogP contribution in [0.1, 0.15) is 13.8 Å². The Morgan fingerprint density at radius 2 is 1.64 bits per heavy atom. The number of carbonyl (C=O) groups is 3. The Labute approximate surface area is 86.3 Å². The van der Waals surface area contributed by atoms with Crippen LogP contribution in [-0.4, -0.2) is 36.3 Å². The van der Waals surface area contributed by atoms with Gasteiger partial charge in [-0.15, -0.1) is 11.6 Å². The Hall–Kier alpha value is -1.10. The number of ether oxygens (including phenoxy) is 2. The van der Waals surface area contributed by atoms with Crippen LogP contribution in [0.4, 0.5) is 0 Å². The molecule has 0 fully saturated rings. The van der Waals surface area contributed by atoms with E-state index < -0.39 is 23.1 Å². The second-order valence-electron chi connectivity index (χ2n) is 2.48. The van der Waals surface area contributed by atoms with Crippen molar-refractivity contribution in [3.05, 3.63) is 0 Å². The highest BCUT2D eigenvalue weighted by molar-refractivity contribution is 6.40. The molecule has 80 valence electrons. The van der Waals surface area contributed by atoms with Crippen LogP contribution < -0.4 is 0 Å². The zero-order valence-electron chi connectivity index (χ0n) is 7.91. The predicted octanol–water partition coefficient (Wildman–Crippen LogP) is 0.289. The van der Waals surface area contributed by atoms with Crippen LogP contribution in [-0.2, 0) is 23.9 Å². The van der Waals surface area contributed by atoms with Crippen molar-refractivity contribution in [2.24, 2.45) is 0 Å². The van der Waals surface area contributed by atoms with E-state index >= 15 is 0 Å². The fraction of sp³-hybridized carbons (Fsp3) is 0.625. The van der Waals surface area contributed by atoms with Gasteiger partial charge in [0, 0.05) is 6.92 Å². The minimum atomic E-state index is -1.28. The zero-order chi connectivity index (χ0) is 11.1. The molecule has 0 aliphatic carbocycles. The molecule has 0 spiro atoms. The Balaban J connectivity index is 3.64. The average Bonchev–Trinajstić information content (AvgIpc) is 2.10. The van der Waals surface area contributed by atoms with E-state index in [1.54, 1.807) is 0 Å². The second kappa shape index (κ2) is 6.37. The zero-order valence-corrected chi connectivity index (χ0v) is 8.67. The third-order valence-electron chi connectivity index (χ3n) is 1.20. The summed E-state index contributed by atoms with van der Waals surface area (Å²) in [5.41, 5.74) is 0. The lowest BCUT2D eigenvalue weighted by molar-refractivity contribution is -0.151. The number of Topliss-reactive ketones (excluding diaryl/α,β-unsaturated/α-hetero) is 1. The lowest BCUT2D eigenvalue weighted by atomic mass is 10.3. The lowest BCUT2D eigenvalue weighted by Crippen LogP contribution is -2.26. The van der Waals surface area contributed by atoms with E-state index in [-0.39, 0.29) is 13.2 Å². The molecule has 0 aromatic heterocycles. The first-order valence-electron chi connectivity index (χ1n) is 3.89. The van der Waals surface area contributed by atoms with Gasteiger partial charge in [-0.1, -0.05) is 0 Å². The van der Waals surface area contributed by atoms with Crippen LogP contribution >= 0.6 is 11.6 Å². The van der Waals surface area contributed by atoms with E-state index in [1.807, 2.05) is 0 Å². The van der Waals surface area contributed by atoms with Gasteiger partial charge in [0.15, 0.2) is 11.2 Å². The number of hydrogen-bond donors (Lipinski definition) is 0. The molecular weight excluding hydrogens is 212 g/mol. The quantitative estimate of drug-likeness (QED) is 0.289. The predicted molar refractivity (Wildman–Crippen MR) is 47.9 cm³/mol. The molecule has 6 heteroatoms. The smallest absolute Gasteiger partial charge is 0.331 e. The van der Waals surface area contributed by atoms with Crippen molar-refractivity contribution in [3.8, 4) is 0 Å². The van der Waals surface area contributed by atoms with Gasteiger partial charge in [-0.05, 0) is 6.92 Å². The van der Waals surface area contributed by atoms with Gasteiger partial charge in [-0.2, -0.15) is 0 Å². The highest BCUT2D eigenvalue weighted by Crippen LogP contribution is 2.00. The number of hydrogen-bond acceptors (Lipinski definition) is 5. The maximum absolute atomic E-state index is 10.9. The molecule has 0 bridgehead atoms. The molecule has 0 rings (SSSR count). The monoisotopic (exact) mass is 222 g/mol. The van der Waals surface area contributed by atoms with Gasteiger partial charge in [0.1, 0.15) is 13.2 Å². The van der Waals surface area contributed by atoms with Crippen LogP contribution in [0.5, 0.6) is 0 Å². The van der Waals surface area contributed by atoms with Gasteiger partial charge >= 0.3 is 11.9 Å². The number of carbonyl (C=O) groups excluding carboxylic acids is 3. The van der Waals surface area contributed by atoms with Gasteiger partial charge in [0.25, 0.3) is 0 Å². The molecule has 1 unspecified atom stereocenters. The van der Waals surface area contributed by atoms with Crippen molar-refractivity contribution < 1.29 is 23.9 Å². The molecule has 0 radical (unpaired) electrons. The van der Waals surface area contributed by atoms with Gasteiger partial charge < -0.3 is 9.47 Å². The van der Waals surface area contributed by atoms with E-state index in [0.717, 1.165) is 0 Å². The summed E-state index contributed by atoms with van der Waals surface area (Å²) in [5.74, 6) is -1.77. The molecular formula is C8H11ClO5. The van der Waals surface area contributed by atoms with E-state index in [1.165, 1.54) is 13.8 Å². The van der Waals surface area contributed by atoms with Crippen molar-refractivity contribution >= 4 is 29.3 Å². The van der Waals surface area contributed by atoms with Crippen molar-refractivity contribution in [1.29, 1.82) is 0 Å². The number of rotatable bonds is 5. The van der Waals surface area contributed by atoms with Crippen LogP contribution in [0.25, 0.3) is 0 Å². The highest BCUT2D eigenvalue weighted by atomic mass is 35.5. The van der Waals surface area contributed by atoms with Crippen molar-refractivity contribution in [2.75, 3.05) is 13.2 Å². The van der Waals surface area contributed by atoms with Crippen LogP contribution in [0.3, 0.4) is 0 Å². The Morgan fingerprint density at radius 1 is 1.14 bits per heavy atom. The number of ketones is 1. The number of esters is 2. The molecule has 0 aliphatic rings. The summed E-state index contributed by atoms with van der Waals surface area (Å²) in [6.45, 7) is 2.28. The van der Waals surface area contributed by atoms with E-state index in [0.29, 0.717) is 0 Å². The van der Waals surface area contributed by atoms with E-state index in [2.05, 4.69) is 9.47 Å². The van der Waals surface area contributed by atoms with Crippen molar-refractivity contribution in [1.82, 2.24) is 0 Å². The fourth-order valence-electron chi connectivity index (χ4n) is 0.567. The maximum atomic E-state index is 10.9. The summed E-state index contributed by atoms with van der Waals surface area (Å²) >= 11 is 5.38. The third kappa shape index (κ3) is 5.53. The van der Waals surface area contributed by atoms with Crippen molar-refractivity contribution in [2.45, 2.75) is 19.2 Å². The van der Waals surface area contributed by atoms with Gasteiger partial charge in [-0.25, -0.2) is 4.79 Å². The molecule has 0 aromatic carbocycles. The summed E-state index contributed by atoms with van der Waals surface area (Å²) in [5, 5.41) is -1.28. The molecule has 0 amide bonds. The third-order valence-corrected chi connectivity index (χ3v) is 1.68. The number of halogens is 1.